The van der Waals surface area contributed by atoms with Crippen molar-refractivity contribution < 1.29 is 4.79 Å². The molecule has 0 N–H and O–H groups in total. The molecule has 0 aromatic carbocycles. The molecule has 2 heteroatoms. The van der Waals surface area contributed by atoms with E-state index in [0.717, 1.165) is 37.8 Å². The maximum absolute atomic E-state index is 11.7. The Balaban J connectivity index is 1.72. The van der Waals surface area contributed by atoms with E-state index in [1.807, 2.05) is 0 Å². The van der Waals surface area contributed by atoms with Gasteiger partial charge >= 0.3 is 0 Å². The first-order valence-electron chi connectivity index (χ1n) is 10.1. The smallest absolute Gasteiger partial charge is 0.133 e. The summed E-state index contributed by atoms with van der Waals surface area (Å²) in [4.78, 5) is 14.7. The number of carbonyl (C=O) groups excluding carboxylic acids is 1. The van der Waals surface area contributed by atoms with Crippen molar-refractivity contribution in [1.29, 1.82) is 0 Å². The first-order chi connectivity index (χ1) is 10.8. The number of Topliss-reactive ketones (excluding diaryl/α,β-unsaturated/α-hetero) is 1. The third kappa shape index (κ3) is 4.34. The summed E-state index contributed by atoms with van der Waals surface area (Å²) in [5.41, 5.74) is 0. The van der Waals surface area contributed by atoms with Crippen molar-refractivity contribution in [2.24, 2.45) is 0 Å². The topological polar surface area (TPSA) is 20.3 Å². The predicted molar refractivity (Wildman–Crippen MR) is 92.1 cm³/mol. The molecule has 3 fully saturated rings. The summed E-state index contributed by atoms with van der Waals surface area (Å²) < 4.78 is 0. The number of nitrogens with zero attached hydrogens (tertiary/aromatic N) is 1. The van der Waals surface area contributed by atoms with Gasteiger partial charge in [-0.2, -0.15) is 0 Å². The van der Waals surface area contributed by atoms with E-state index in [0.29, 0.717) is 11.8 Å². The van der Waals surface area contributed by atoms with E-state index in [-0.39, 0.29) is 0 Å². The molecule has 2 nitrogen and oxygen atoms in total. The Morgan fingerprint density at radius 3 is 1.32 bits per heavy atom. The summed E-state index contributed by atoms with van der Waals surface area (Å²) in [5, 5.41) is 0. The Bertz CT molecular complexity index is 308. The molecule has 3 aliphatic carbocycles. The van der Waals surface area contributed by atoms with Crippen LogP contribution in [0, 0.1) is 0 Å². The Labute approximate surface area is 137 Å². The Hall–Kier alpha value is -0.370. The van der Waals surface area contributed by atoms with Gasteiger partial charge in [-0.15, -0.1) is 0 Å². The fraction of sp³-hybridized carbons (Fsp3) is 0.950. The van der Waals surface area contributed by atoms with Crippen molar-refractivity contribution in [1.82, 2.24) is 4.90 Å². The van der Waals surface area contributed by atoms with Crippen LogP contribution in [0.2, 0.25) is 0 Å². The molecule has 0 amide bonds. The number of hydrogen-bond donors (Lipinski definition) is 0. The van der Waals surface area contributed by atoms with E-state index in [9.17, 15) is 4.79 Å². The van der Waals surface area contributed by atoms with Gasteiger partial charge in [0.05, 0.1) is 0 Å². The van der Waals surface area contributed by atoms with E-state index < -0.39 is 0 Å². The first-order valence-corrected chi connectivity index (χ1v) is 10.1. The normalized spacial score (nSPS) is 27.8. The van der Waals surface area contributed by atoms with Crippen molar-refractivity contribution in [2.45, 2.75) is 121 Å². The maximum Gasteiger partial charge on any atom is 0.133 e. The standard InChI is InChI=1S/C20H35NO/c22-20-15-13-19(14-16-20)21(17-9-5-1-2-6-10-17)18-11-7-3-4-8-12-18/h17-19H,1-16H2. The molecule has 3 aliphatic rings. The van der Waals surface area contributed by atoms with Gasteiger partial charge in [-0.3, -0.25) is 9.69 Å². The maximum atomic E-state index is 11.7. The number of ketones is 1. The van der Waals surface area contributed by atoms with E-state index in [1.54, 1.807) is 0 Å². The molecule has 0 heterocycles. The second-order valence-corrected chi connectivity index (χ2v) is 8.01. The van der Waals surface area contributed by atoms with Gasteiger partial charge in [0.15, 0.2) is 0 Å². The monoisotopic (exact) mass is 305 g/mol. The molecule has 0 bridgehead atoms. The fourth-order valence-electron chi connectivity index (χ4n) is 5.23. The van der Waals surface area contributed by atoms with Gasteiger partial charge in [0, 0.05) is 31.0 Å². The zero-order valence-electron chi connectivity index (χ0n) is 14.4. The molecule has 0 aromatic heterocycles. The van der Waals surface area contributed by atoms with Crippen LogP contribution >= 0.6 is 0 Å². The Morgan fingerprint density at radius 1 is 0.545 bits per heavy atom. The molecule has 3 saturated carbocycles. The minimum atomic E-state index is 0.512. The predicted octanol–water partition coefficient (Wildman–Crippen LogP) is 5.25. The number of hydrogen-bond acceptors (Lipinski definition) is 2. The van der Waals surface area contributed by atoms with Gasteiger partial charge in [0.2, 0.25) is 0 Å². The van der Waals surface area contributed by atoms with Crippen LogP contribution in [0.5, 0.6) is 0 Å². The molecule has 0 atom stereocenters. The van der Waals surface area contributed by atoms with Crippen molar-refractivity contribution in [2.75, 3.05) is 0 Å². The van der Waals surface area contributed by atoms with Gasteiger partial charge in [-0.1, -0.05) is 51.4 Å². The summed E-state index contributed by atoms with van der Waals surface area (Å²) in [5.74, 6) is 0.512. The average Bonchev–Trinajstić information content (AvgIpc) is 2.95. The first kappa shape index (κ1) is 16.5. The van der Waals surface area contributed by atoms with E-state index in [2.05, 4.69) is 4.90 Å². The molecular formula is C20H35NO. The average molecular weight is 306 g/mol. The molecular weight excluding hydrogens is 270 g/mol. The SMILES string of the molecule is O=C1CCC(N(C2CCCCCC2)C2CCCCCC2)CC1. The third-order valence-corrected chi connectivity index (χ3v) is 6.43. The summed E-state index contributed by atoms with van der Waals surface area (Å²) in [6, 6.07) is 2.36. The van der Waals surface area contributed by atoms with Crippen LogP contribution in [0.3, 0.4) is 0 Å². The van der Waals surface area contributed by atoms with Crippen LogP contribution in [-0.4, -0.2) is 28.8 Å². The quantitative estimate of drug-likeness (QED) is 0.664. The number of carbonyl (C=O) groups is 1. The summed E-state index contributed by atoms with van der Waals surface area (Å²) in [6.07, 6.45) is 21.1. The zero-order valence-corrected chi connectivity index (χ0v) is 14.4. The molecule has 0 aromatic rings. The summed E-state index contributed by atoms with van der Waals surface area (Å²) >= 11 is 0. The number of rotatable bonds is 3. The van der Waals surface area contributed by atoms with Crippen LogP contribution in [-0.2, 0) is 4.79 Å². The molecule has 0 saturated heterocycles. The van der Waals surface area contributed by atoms with Crippen molar-refractivity contribution in [3.8, 4) is 0 Å². The third-order valence-electron chi connectivity index (χ3n) is 6.43. The molecule has 0 unspecified atom stereocenters. The second-order valence-electron chi connectivity index (χ2n) is 8.01. The van der Waals surface area contributed by atoms with Gasteiger partial charge in [0.1, 0.15) is 5.78 Å². The zero-order chi connectivity index (χ0) is 15.2. The lowest BCUT2D eigenvalue weighted by Gasteiger charge is -2.45. The highest BCUT2D eigenvalue weighted by atomic mass is 16.1. The minimum Gasteiger partial charge on any atom is -0.300 e. The largest absolute Gasteiger partial charge is 0.300 e. The van der Waals surface area contributed by atoms with E-state index >= 15 is 0 Å². The van der Waals surface area contributed by atoms with Crippen LogP contribution in [0.1, 0.15) is 103 Å². The van der Waals surface area contributed by atoms with E-state index in [4.69, 9.17) is 0 Å². The fourth-order valence-corrected chi connectivity index (χ4v) is 5.23. The lowest BCUT2D eigenvalue weighted by atomic mass is 9.88. The molecule has 0 spiro atoms. The lowest BCUT2D eigenvalue weighted by molar-refractivity contribution is -0.122. The van der Waals surface area contributed by atoms with E-state index in [1.165, 1.54) is 77.0 Å². The highest BCUT2D eigenvalue weighted by molar-refractivity contribution is 5.79. The van der Waals surface area contributed by atoms with Crippen molar-refractivity contribution >= 4 is 5.78 Å². The molecule has 126 valence electrons. The van der Waals surface area contributed by atoms with Gasteiger partial charge in [-0.25, -0.2) is 0 Å². The van der Waals surface area contributed by atoms with Gasteiger partial charge < -0.3 is 0 Å². The molecule has 0 aliphatic heterocycles. The molecule has 3 rings (SSSR count). The highest BCUT2D eigenvalue weighted by Gasteiger charge is 2.34. The Kier molecular flexibility index (Phi) is 6.35. The van der Waals surface area contributed by atoms with Crippen LogP contribution in [0.25, 0.3) is 0 Å². The van der Waals surface area contributed by atoms with Gasteiger partial charge in [0.25, 0.3) is 0 Å². The molecule has 22 heavy (non-hydrogen) atoms. The lowest BCUT2D eigenvalue weighted by Crippen LogP contribution is -2.50. The van der Waals surface area contributed by atoms with Crippen LogP contribution < -0.4 is 0 Å². The van der Waals surface area contributed by atoms with Crippen LogP contribution in [0.4, 0.5) is 0 Å². The van der Waals surface area contributed by atoms with Crippen molar-refractivity contribution in [3.05, 3.63) is 0 Å². The minimum absolute atomic E-state index is 0.512. The van der Waals surface area contributed by atoms with Crippen LogP contribution in [0.15, 0.2) is 0 Å². The van der Waals surface area contributed by atoms with Crippen molar-refractivity contribution in [3.63, 3.8) is 0 Å². The Morgan fingerprint density at radius 2 is 0.909 bits per heavy atom. The summed E-state index contributed by atoms with van der Waals surface area (Å²) in [7, 11) is 0. The molecule has 0 radical (unpaired) electrons. The summed E-state index contributed by atoms with van der Waals surface area (Å²) in [6.45, 7) is 0. The highest BCUT2D eigenvalue weighted by Crippen LogP contribution is 2.34. The second kappa shape index (κ2) is 8.47. The van der Waals surface area contributed by atoms with Gasteiger partial charge in [-0.05, 0) is 38.5 Å².